The highest BCUT2D eigenvalue weighted by molar-refractivity contribution is 5.28. The molecule has 2 rings (SSSR count). The van der Waals surface area contributed by atoms with Crippen LogP contribution in [0.1, 0.15) is 18.5 Å². The molecule has 2 heterocycles. The second kappa shape index (κ2) is 3.95. The number of nitrogens with zero attached hydrogens (tertiary/aromatic N) is 2. The van der Waals surface area contributed by atoms with E-state index in [-0.39, 0.29) is 5.82 Å². The van der Waals surface area contributed by atoms with E-state index in [9.17, 15) is 9.65 Å². The summed E-state index contributed by atoms with van der Waals surface area (Å²) in [5.41, 5.74) is -0.439. The molecule has 0 radical (unpaired) electrons. The Morgan fingerprint density at radius 1 is 1.47 bits per heavy atom. The zero-order chi connectivity index (χ0) is 10.7. The normalized spacial score (nSPS) is 19.5. The van der Waals surface area contributed by atoms with Crippen molar-refractivity contribution in [3.8, 4) is 6.07 Å². The molecule has 78 valence electrons. The Morgan fingerprint density at radius 2 is 2.20 bits per heavy atom. The topological polar surface area (TPSA) is 48.7 Å². The Kier molecular flexibility index (Phi) is 2.65. The van der Waals surface area contributed by atoms with Gasteiger partial charge in [0.15, 0.2) is 0 Å². The van der Waals surface area contributed by atoms with Crippen LogP contribution in [0.15, 0.2) is 18.3 Å². The fourth-order valence-corrected chi connectivity index (χ4v) is 1.99. The third-order valence-corrected chi connectivity index (χ3v) is 2.88. The molecule has 1 aromatic rings. The number of halogens is 1. The van der Waals surface area contributed by atoms with Crippen LogP contribution in [0.5, 0.6) is 0 Å². The fraction of sp³-hybridized carbons (Fsp3) is 0.455. The number of rotatable bonds is 1. The van der Waals surface area contributed by atoms with E-state index in [0.29, 0.717) is 18.5 Å². The Hall–Kier alpha value is -1.47. The SMILES string of the molecule is N#CC1(c2ncccc2F)CCNCC1. The van der Waals surface area contributed by atoms with Gasteiger partial charge in [-0.05, 0) is 38.1 Å². The molecule has 1 aliphatic rings. The molecule has 1 aromatic heterocycles. The van der Waals surface area contributed by atoms with Crippen LogP contribution in [0.25, 0.3) is 0 Å². The molecular formula is C11H12FN3. The van der Waals surface area contributed by atoms with Crippen LogP contribution in [0.2, 0.25) is 0 Å². The number of aromatic nitrogens is 1. The van der Waals surface area contributed by atoms with E-state index in [1.54, 1.807) is 12.3 Å². The molecule has 0 aromatic carbocycles. The number of hydrogen-bond acceptors (Lipinski definition) is 3. The lowest BCUT2D eigenvalue weighted by molar-refractivity contribution is 0.361. The first kappa shape index (κ1) is 10.1. The van der Waals surface area contributed by atoms with E-state index < -0.39 is 5.41 Å². The summed E-state index contributed by atoms with van der Waals surface area (Å²) in [5, 5.41) is 12.4. The summed E-state index contributed by atoms with van der Waals surface area (Å²) in [6, 6.07) is 5.14. The van der Waals surface area contributed by atoms with Gasteiger partial charge in [-0.25, -0.2) is 4.39 Å². The summed E-state index contributed by atoms with van der Waals surface area (Å²) in [4.78, 5) is 4.02. The van der Waals surface area contributed by atoms with Crippen molar-refractivity contribution in [3.05, 3.63) is 29.8 Å². The van der Waals surface area contributed by atoms with Crippen molar-refractivity contribution in [2.75, 3.05) is 13.1 Å². The number of pyridine rings is 1. The average Bonchev–Trinajstić information content (AvgIpc) is 2.30. The average molecular weight is 205 g/mol. The zero-order valence-electron chi connectivity index (χ0n) is 8.33. The first-order valence-electron chi connectivity index (χ1n) is 5.01. The maximum absolute atomic E-state index is 13.6. The molecule has 4 heteroatoms. The standard InChI is InChI=1S/C11H12FN3/c12-9-2-1-5-15-10(9)11(8-13)3-6-14-7-4-11/h1-2,5,14H,3-4,6-7H2. The van der Waals surface area contributed by atoms with E-state index in [1.807, 2.05) is 0 Å². The van der Waals surface area contributed by atoms with Crippen molar-refractivity contribution in [2.45, 2.75) is 18.3 Å². The predicted molar refractivity (Wildman–Crippen MR) is 53.6 cm³/mol. The van der Waals surface area contributed by atoms with E-state index >= 15 is 0 Å². The van der Waals surface area contributed by atoms with Crippen molar-refractivity contribution < 1.29 is 4.39 Å². The molecule has 0 atom stereocenters. The second-order valence-corrected chi connectivity index (χ2v) is 3.78. The fourth-order valence-electron chi connectivity index (χ4n) is 1.99. The number of nitrogens with one attached hydrogen (secondary N) is 1. The molecule has 0 saturated carbocycles. The van der Waals surface area contributed by atoms with Gasteiger partial charge in [0.05, 0.1) is 11.8 Å². The molecule has 15 heavy (non-hydrogen) atoms. The molecule has 0 amide bonds. The molecular weight excluding hydrogens is 193 g/mol. The quantitative estimate of drug-likeness (QED) is 0.753. The molecule has 0 spiro atoms. The van der Waals surface area contributed by atoms with Crippen molar-refractivity contribution in [2.24, 2.45) is 0 Å². The van der Waals surface area contributed by atoms with Crippen LogP contribution in [0, 0.1) is 17.1 Å². The monoisotopic (exact) mass is 205 g/mol. The Labute approximate surface area is 87.9 Å². The number of nitriles is 1. The van der Waals surface area contributed by atoms with Crippen LogP contribution in [-0.4, -0.2) is 18.1 Å². The van der Waals surface area contributed by atoms with Gasteiger partial charge in [-0.2, -0.15) is 5.26 Å². The Morgan fingerprint density at radius 3 is 2.80 bits per heavy atom. The predicted octanol–water partition coefficient (Wildman–Crippen LogP) is 1.37. The molecule has 1 saturated heterocycles. The summed E-state index contributed by atoms with van der Waals surface area (Å²) in [6.07, 6.45) is 2.79. The van der Waals surface area contributed by atoms with Crippen LogP contribution >= 0.6 is 0 Å². The van der Waals surface area contributed by atoms with Crippen LogP contribution in [0.4, 0.5) is 4.39 Å². The van der Waals surface area contributed by atoms with Crippen molar-refractivity contribution in [1.29, 1.82) is 5.26 Å². The van der Waals surface area contributed by atoms with Gasteiger partial charge in [0.25, 0.3) is 0 Å². The van der Waals surface area contributed by atoms with Gasteiger partial charge in [0.1, 0.15) is 11.2 Å². The lowest BCUT2D eigenvalue weighted by Crippen LogP contribution is -2.40. The van der Waals surface area contributed by atoms with E-state index in [1.165, 1.54) is 6.07 Å². The summed E-state index contributed by atoms with van der Waals surface area (Å²) < 4.78 is 13.6. The zero-order valence-corrected chi connectivity index (χ0v) is 8.33. The highest BCUT2D eigenvalue weighted by atomic mass is 19.1. The highest BCUT2D eigenvalue weighted by Crippen LogP contribution is 2.32. The lowest BCUT2D eigenvalue weighted by atomic mass is 9.77. The maximum atomic E-state index is 13.6. The van der Waals surface area contributed by atoms with E-state index in [2.05, 4.69) is 16.4 Å². The summed E-state index contributed by atoms with van der Waals surface area (Å²) >= 11 is 0. The van der Waals surface area contributed by atoms with E-state index in [4.69, 9.17) is 0 Å². The number of hydrogen-bond donors (Lipinski definition) is 1. The highest BCUT2D eigenvalue weighted by Gasteiger charge is 2.37. The molecule has 3 nitrogen and oxygen atoms in total. The maximum Gasteiger partial charge on any atom is 0.146 e. The smallest absolute Gasteiger partial charge is 0.146 e. The molecule has 1 aliphatic heterocycles. The Balaban J connectivity index is 2.42. The Bertz CT molecular complexity index is 391. The van der Waals surface area contributed by atoms with Gasteiger partial charge >= 0.3 is 0 Å². The third kappa shape index (κ3) is 1.71. The van der Waals surface area contributed by atoms with E-state index in [0.717, 1.165) is 13.1 Å². The summed E-state index contributed by atoms with van der Waals surface area (Å²) in [5.74, 6) is -0.374. The van der Waals surface area contributed by atoms with Crippen LogP contribution in [0.3, 0.4) is 0 Å². The van der Waals surface area contributed by atoms with Gasteiger partial charge in [-0.15, -0.1) is 0 Å². The first-order chi connectivity index (χ1) is 7.28. The second-order valence-electron chi connectivity index (χ2n) is 3.78. The van der Waals surface area contributed by atoms with Gasteiger partial charge < -0.3 is 5.32 Å². The molecule has 1 N–H and O–H groups in total. The lowest BCUT2D eigenvalue weighted by Gasteiger charge is -2.30. The molecule has 1 fully saturated rings. The summed E-state index contributed by atoms with van der Waals surface area (Å²) in [6.45, 7) is 1.48. The van der Waals surface area contributed by atoms with Gasteiger partial charge in [-0.1, -0.05) is 0 Å². The van der Waals surface area contributed by atoms with Crippen molar-refractivity contribution in [1.82, 2.24) is 10.3 Å². The van der Waals surface area contributed by atoms with Gasteiger partial charge in [0, 0.05) is 6.20 Å². The first-order valence-corrected chi connectivity index (χ1v) is 5.01. The minimum Gasteiger partial charge on any atom is -0.317 e. The summed E-state index contributed by atoms with van der Waals surface area (Å²) in [7, 11) is 0. The largest absolute Gasteiger partial charge is 0.317 e. The molecule has 0 bridgehead atoms. The van der Waals surface area contributed by atoms with Crippen molar-refractivity contribution >= 4 is 0 Å². The third-order valence-electron chi connectivity index (χ3n) is 2.88. The van der Waals surface area contributed by atoms with Crippen LogP contribution in [-0.2, 0) is 5.41 Å². The van der Waals surface area contributed by atoms with Gasteiger partial charge in [-0.3, -0.25) is 4.98 Å². The van der Waals surface area contributed by atoms with Crippen LogP contribution < -0.4 is 5.32 Å². The molecule has 0 aliphatic carbocycles. The minimum atomic E-state index is -0.739. The molecule has 0 unspecified atom stereocenters. The van der Waals surface area contributed by atoms with Gasteiger partial charge in [0.2, 0.25) is 0 Å². The number of piperidine rings is 1. The minimum absolute atomic E-state index is 0.300. The van der Waals surface area contributed by atoms with Crippen molar-refractivity contribution in [3.63, 3.8) is 0 Å².